The molecule has 9 heteroatoms. The van der Waals surface area contributed by atoms with E-state index in [9.17, 15) is 13.2 Å². The number of carbonyl (C=O) groups is 1. The number of amides is 1. The Balaban J connectivity index is 1.57. The van der Waals surface area contributed by atoms with Crippen LogP contribution in [0.15, 0.2) is 59.5 Å². The summed E-state index contributed by atoms with van der Waals surface area (Å²) < 4.78 is 28.3. The molecule has 0 radical (unpaired) electrons. The lowest BCUT2D eigenvalue weighted by Gasteiger charge is -2.26. The summed E-state index contributed by atoms with van der Waals surface area (Å²) in [6, 6.07) is 16.6. The molecule has 2 aromatic carbocycles. The first-order chi connectivity index (χ1) is 17.3. The van der Waals surface area contributed by atoms with Gasteiger partial charge in [-0.05, 0) is 49.6 Å². The number of hydrogen-bond acceptors (Lipinski definition) is 6. The molecule has 36 heavy (non-hydrogen) atoms. The fourth-order valence-electron chi connectivity index (χ4n) is 4.58. The minimum atomic E-state index is -3.65. The highest BCUT2D eigenvalue weighted by atomic mass is 32.2. The lowest BCUT2D eigenvalue weighted by atomic mass is 10.0. The van der Waals surface area contributed by atoms with Crippen molar-refractivity contribution in [3.63, 3.8) is 0 Å². The predicted molar refractivity (Wildman–Crippen MR) is 142 cm³/mol. The molecule has 4 rings (SSSR count). The molecule has 0 saturated carbocycles. The van der Waals surface area contributed by atoms with Gasteiger partial charge in [0.25, 0.3) is 0 Å². The van der Waals surface area contributed by atoms with Gasteiger partial charge in [0.05, 0.1) is 4.90 Å². The topological polar surface area (TPSA) is 95.5 Å². The highest BCUT2D eigenvalue weighted by molar-refractivity contribution is 7.89. The first-order valence-corrected chi connectivity index (χ1v) is 13.7. The van der Waals surface area contributed by atoms with E-state index in [1.54, 1.807) is 28.6 Å². The molecule has 3 aromatic rings. The van der Waals surface area contributed by atoms with Gasteiger partial charge in [-0.3, -0.25) is 4.79 Å². The van der Waals surface area contributed by atoms with Crippen molar-refractivity contribution in [2.45, 2.75) is 44.9 Å². The van der Waals surface area contributed by atoms with Gasteiger partial charge in [0.2, 0.25) is 15.9 Å². The second kappa shape index (κ2) is 11.2. The maximum Gasteiger partial charge on any atom is 0.243 e. The lowest BCUT2D eigenvalue weighted by molar-refractivity contribution is -0.114. The molecule has 1 saturated heterocycles. The first-order valence-electron chi connectivity index (χ1n) is 12.3. The van der Waals surface area contributed by atoms with Crippen LogP contribution in [0.5, 0.6) is 0 Å². The van der Waals surface area contributed by atoms with Crippen molar-refractivity contribution in [2.75, 3.05) is 36.4 Å². The highest BCUT2D eigenvalue weighted by Crippen LogP contribution is 2.27. The normalized spacial score (nSPS) is 14.9. The molecular weight excluding hydrogens is 474 g/mol. The monoisotopic (exact) mass is 507 g/mol. The molecule has 0 atom stereocenters. The summed E-state index contributed by atoms with van der Waals surface area (Å²) in [5, 5.41) is 2.67. The zero-order chi connectivity index (χ0) is 25.7. The number of aromatic nitrogens is 2. The van der Waals surface area contributed by atoms with Crippen LogP contribution >= 0.6 is 0 Å². The van der Waals surface area contributed by atoms with Gasteiger partial charge in [0, 0.05) is 56.5 Å². The Labute approximate surface area is 213 Å². The van der Waals surface area contributed by atoms with E-state index in [1.165, 1.54) is 12.5 Å². The standard InChI is InChI=1S/C27H33N5O3S/c1-4-26-25(19-22-9-6-5-7-10-22)27(29-20(2)28-26)31-15-8-16-32(18-17-31)36(34,35)24-13-11-23(12-14-24)30-21(3)33/h5-7,9-14H,4,8,15-19H2,1-3H3,(H,30,33). The molecule has 1 fully saturated rings. The Kier molecular flexibility index (Phi) is 8.01. The second-order valence-electron chi connectivity index (χ2n) is 8.99. The number of anilines is 2. The first kappa shape index (κ1) is 25.8. The third-order valence-corrected chi connectivity index (χ3v) is 8.22. The molecule has 0 aliphatic carbocycles. The number of sulfonamides is 1. The van der Waals surface area contributed by atoms with E-state index in [2.05, 4.69) is 29.3 Å². The number of benzene rings is 2. The Morgan fingerprint density at radius 3 is 2.36 bits per heavy atom. The number of hydrogen-bond donors (Lipinski definition) is 1. The summed E-state index contributed by atoms with van der Waals surface area (Å²) in [5.41, 5.74) is 3.91. The lowest BCUT2D eigenvalue weighted by Crippen LogP contribution is -2.35. The quantitative estimate of drug-likeness (QED) is 0.523. The van der Waals surface area contributed by atoms with E-state index < -0.39 is 10.0 Å². The van der Waals surface area contributed by atoms with Crippen molar-refractivity contribution in [3.05, 3.63) is 77.2 Å². The van der Waals surface area contributed by atoms with E-state index in [-0.39, 0.29) is 10.8 Å². The van der Waals surface area contributed by atoms with Gasteiger partial charge in [-0.15, -0.1) is 0 Å². The van der Waals surface area contributed by atoms with Crippen LogP contribution < -0.4 is 10.2 Å². The molecule has 8 nitrogen and oxygen atoms in total. The van der Waals surface area contributed by atoms with Crippen molar-refractivity contribution < 1.29 is 13.2 Å². The third-order valence-electron chi connectivity index (χ3n) is 6.31. The maximum absolute atomic E-state index is 13.4. The fraction of sp³-hybridized carbons (Fsp3) is 0.370. The summed E-state index contributed by atoms with van der Waals surface area (Å²) in [4.78, 5) is 23.2. The van der Waals surface area contributed by atoms with Crippen LogP contribution in [0.25, 0.3) is 0 Å². The maximum atomic E-state index is 13.4. The van der Waals surface area contributed by atoms with E-state index >= 15 is 0 Å². The Morgan fingerprint density at radius 2 is 1.69 bits per heavy atom. The number of rotatable bonds is 7. The third kappa shape index (κ3) is 5.91. The number of carbonyl (C=O) groups excluding carboxylic acids is 1. The summed E-state index contributed by atoms with van der Waals surface area (Å²) in [6.45, 7) is 7.50. The molecule has 190 valence electrons. The largest absolute Gasteiger partial charge is 0.355 e. The van der Waals surface area contributed by atoms with Crippen LogP contribution in [0.2, 0.25) is 0 Å². The van der Waals surface area contributed by atoms with Gasteiger partial charge >= 0.3 is 0 Å². The minimum Gasteiger partial charge on any atom is -0.355 e. The van der Waals surface area contributed by atoms with E-state index in [4.69, 9.17) is 9.97 Å². The zero-order valence-electron chi connectivity index (χ0n) is 21.1. The summed E-state index contributed by atoms with van der Waals surface area (Å²) in [5.74, 6) is 1.43. The number of nitrogens with one attached hydrogen (secondary N) is 1. The predicted octanol–water partition coefficient (Wildman–Crippen LogP) is 3.80. The fourth-order valence-corrected chi connectivity index (χ4v) is 6.05. The molecular formula is C27H33N5O3S. The van der Waals surface area contributed by atoms with Gasteiger partial charge in [0.15, 0.2) is 0 Å². The second-order valence-corrected chi connectivity index (χ2v) is 10.9. The highest BCUT2D eigenvalue weighted by Gasteiger charge is 2.28. The van der Waals surface area contributed by atoms with Gasteiger partial charge in [-0.1, -0.05) is 37.3 Å². The van der Waals surface area contributed by atoms with Crippen molar-refractivity contribution in [1.82, 2.24) is 14.3 Å². The molecule has 1 aliphatic rings. The summed E-state index contributed by atoms with van der Waals surface area (Å²) in [7, 11) is -3.65. The smallest absolute Gasteiger partial charge is 0.243 e. The van der Waals surface area contributed by atoms with Crippen molar-refractivity contribution in [2.24, 2.45) is 0 Å². The minimum absolute atomic E-state index is 0.198. The Bertz CT molecular complexity index is 1310. The van der Waals surface area contributed by atoms with Gasteiger partial charge in [-0.2, -0.15) is 4.31 Å². The Hall–Kier alpha value is -3.30. The number of nitrogens with zero attached hydrogens (tertiary/aromatic N) is 4. The van der Waals surface area contributed by atoms with Crippen LogP contribution in [0.3, 0.4) is 0 Å². The molecule has 1 aromatic heterocycles. The van der Waals surface area contributed by atoms with E-state index in [0.717, 1.165) is 42.3 Å². The molecule has 1 amide bonds. The molecule has 1 aliphatic heterocycles. The SMILES string of the molecule is CCc1nc(C)nc(N2CCCN(S(=O)(=O)c3ccc(NC(C)=O)cc3)CC2)c1Cc1ccccc1. The van der Waals surface area contributed by atoms with Gasteiger partial charge in [0.1, 0.15) is 11.6 Å². The molecule has 2 heterocycles. The molecule has 0 unspecified atom stereocenters. The van der Waals surface area contributed by atoms with E-state index in [1.807, 2.05) is 25.1 Å². The van der Waals surface area contributed by atoms with Gasteiger partial charge in [-0.25, -0.2) is 18.4 Å². The van der Waals surface area contributed by atoms with Crippen LogP contribution in [-0.2, 0) is 27.7 Å². The van der Waals surface area contributed by atoms with Crippen LogP contribution in [0.4, 0.5) is 11.5 Å². The zero-order valence-corrected chi connectivity index (χ0v) is 21.9. The molecule has 1 N–H and O–H groups in total. The average Bonchev–Trinajstić information content (AvgIpc) is 3.12. The Morgan fingerprint density at radius 1 is 0.972 bits per heavy atom. The number of aryl methyl sites for hydroxylation is 2. The average molecular weight is 508 g/mol. The molecule has 0 spiro atoms. The van der Waals surface area contributed by atoms with Crippen LogP contribution in [0.1, 0.15) is 42.9 Å². The van der Waals surface area contributed by atoms with Crippen LogP contribution in [0, 0.1) is 6.92 Å². The van der Waals surface area contributed by atoms with Crippen molar-refractivity contribution in [1.29, 1.82) is 0 Å². The van der Waals surface area contributed by atoms with Crippen molar-refractivity contribution in [3.8, 4) is 0 Å². The van der Waals surface area contributed by atoms with Crippen LogP contribution in [-0.4, -0.2) is 54.8 Å². The van der Waals surface area contributed by atoms with E-state index in [0.29, 0.717) is 31.7 Å². The summed E-state index contributed by atoms with van der Waals surface area (Å²) >= 11 is 0. The summed E-state index contributed by atoms with van der Waals surface area (Å²) in [6.07, 6.45) is 2.23. The van der Waals surface area contributed by atoms with Gasteiger partial charge < -0.3 is 10.2 Å². The molecule has 0 bridgehead atoms. The van der Waals surface area contributed by atoms with Crippen molar-refractivity contribution >= 4 is 27.4 Å².